The molecule has 0 radical (unpaired) electrons. The first kappa shape index (κ1) is 17.7. The summed E-state index contributed by atoms with van der Waals surface area (Å²) in [5.41, 5.74) is 0.485. The van der Waals surface area contributed by atoms with Gasteiger partial charge in [-0.15, -0.1) is 11.3 Å². The maximum atomic E-state index is 12.6. The predicted molar refractivity (Wildman–Crippen MR) is 92.0 cm³/mol. The van der Waals surface area contributed by atoms with Crippen LogP contribution in [0.5, 0.6) is 0 Å². The number of amides is 1. The molecule has 0 bridgehead atoms. The van der Waals surface area contributed by atoms with Crippen LogP contribution >= 0.6 is 11.3 Å². The van der Waals surface area contributed by atoms with E-state index in [1.807, 2.05) is 24.4 Å². The first-order chi connectivity index (χ1) is 11.0. The molecule has 5 nitrogen and oxygen atoms in total. The highest BCUT2D eigenvalue weighted by Gasteiger charge is 2.17. The average Bonchev–Trinajstić information content (AvgIpc) is 3.05. The van der Waals surface area contributed by atoms with E-state index in [4.69, 9.17) is 0 Å². The summed E-state index contributed by atoms with van der Waals surface area (Å²) in [6.07, 6.45) is 0. The first-order valence-electron chi connectivity index (χ1n) is 7.39. The maximum absolute atomic E-state index is 12.6. The van der Waals surface area contributed by atoms with Gasteiger partial charge in [-0.3, -0.25) is 4.79 Å². The minimum absolute atomic E-state index is 0.103. The first-order valence-corrected chi connectivity index (χ1v) is 9.75. The summed E-state index contributed by atoms with van der Waals surface area (Å²) in [7, 11) is -3.49. The average molecular weight is 352 g/mol. The molecular formula is C16H20N2O3S2. The summed E-state index contributed by atoms with van der Waals surface area (Å²) in [6.45, 7) is 5.13. The number of nitrogens with one attached hydrogen (secondary N) is 1. The second kappa shape index (κ2) is 7.72. The van der Waals surface area contributed by atoms with E-state index in [2.05, 4.69) is 4.72 Å². The molecule has 0 saturated heterocycles. The van der Waals surface area contributed by atoms with Gasteiger partial charge >= 0.3 is 0 Å². The quantitative estimate of drug-likeness (QED) is 0.833. The number of carbonyl (C=O) groups is 1. The molecule has 0 unspecified atom stereocenters. The fourth-order valence-electron chi connectivity index (χ4n) is 2.15. The van der Waals surface area contributed by atoms with E-state index in [0.29, 0.717) is 25.2 Å². The van der Waals surface area contributed by atoms with Crippen LogP contribution in [0, 0.1) is 0 Å². The van der Waals surface area contributed by atoms with Gasteiger partial charge in [-0.25, -0.2) is 13.1 Å². The second-order valence-electron chi connectivity index (χ2n) is 4.92. The third-order valence-electron chi connectivity index (χ3n) is 3.34. The summed E-state index contributed by atoms with van der Waals surface area (Å²) in [5.74, 6) is -0.103. The topological polar surface area (TPSA) is 66.5 Å². The molecule has 0 fully saturated rings. The molecule has 0 aliphatic carbocycles. The molecule has 1 aromatic heterocycles. The van der Waals surface area contributed by atoms with Crippen LogP contribution in [0.1, 0.15) is 29.1 Å². The third-order valence-corrected chi connectivity index (χ3v) is 5.76. The van der Waals surface area contributed by atoms with Crippen molar-refractivity contribution in [2.75, 3.05) is 13.1 Å². The molecule has 0 aliphatic heterocycles. The van der Waals surface area contributed by atoms with Crippen LogP contribution in [0.4, 0.5) is 0 Å². The minimum Gasteiger partial charge on any atom is -0.334 e. The van der Waals surface area contributed by atoms with Crippen LogP contribution in [0.3, 0.4) is 0 Å². The molecule has 2 rings (SSSR count). The molecule has 23 heavy (non-hydrogen) atoms. The lowest BCUT2D eigenvalue weighted by molar-refractivity contribution is 0.0754. The summed E-state index contributed by atoms with van der Waals surface area (Å²) in [6, 6.07) is 9.99. The number of benzene rings is 1. The lowest BCUT2D eigenvalue weighted by Crippen LogP contribution is -2.30. The summed E-state index contributed by atoms with van der Waals surface area (Å²) in [5, 5.41) is 1.98. The van der Waals surface area contributed by atoms with Gasteiger partial charge in [-0.2, -0.15) is 0 Å². The lowest BCUT2D eigenvalue weighted by atomic mass is 10.2. The highest BCUT2D eigenvalue weighted by molar-refractivity contribution is 7.89. The Bertz CT molecular complexity index is 738. The van der Waals surface area contributed by atoms with Gasteiger partial charge in [0, 0.05) is 23.5 Å². The molecule has 0 spiro atoms. The zero-order valence-corrected chi connectivity index (χ0v) is 14.8. The molecule has 124 valence electrons. The van der Waals surface area contributed by atoms with Gasteiger partial charge in [0.25, 0.3) is 5.91 Å². The third kappa shape index (κ3) is 4.40. The van der Waals surface area contributed by atoms with Crippen molar-refractivity contribution in [3.63, 3.8) is 0 Å². The smallest absolute Gasteiger partial charge is 0.254 e. The fraction of sp³-hybridized carbons (Fsp3) is 0.312. The molecule has 0 atom stereocenters. The van der Waals surface area contributed by atoms with Gasteiger partial charge in [-0.1, -0.05) is 13.0 Å². The molecule has 0 saturated carbocycles. The van der Waals surface area contributed by atoms with Crippen molar-refractivity contribution >= 4 is 27.3 Å². The standard InChI is InChI=1S/C16H20N2O3S2/c1-3-17-23(20,21)15-9-7-13(8-10-15)16(19)18(4-2)12-14-6-5-11-22-14/h5-11,17H,3-4,12H2,1-2H3. The molecule has 7 heteroatoms. The maximum Gasteiger partial charge on any atom is 0.254 e. The molecular weight excluding hydrogens is 332 g/mol. The van der Waals surface area contributed by atoms with Crippen molar-refractivity contribution in [3.8, 4) is 0 Å². The van der Waals surface area contributed by atoms with Gasteiger partial charge < -0.3 is 4.90 Å². The Kier molecular flexibility index (Phi) is 5.92. The van der Waals surface area contributed by atoms with Crippen LogP contribution in [0.15, 0.2) is 46.7 Å². The van der Waals surface area contributed by atoms with E-state index in [9.17, 15) is 13.2 Å². The van der Waals surface area contributed by atoms with Crippen molar-refractivity contribution in [3.05, 3.63) is 52.2 Å². The number of rotatable bonds is 7. The van der Waals surface area contributed by atoms with E-state index in [0.717, 1.165) is 4.88 Å². The van der Waals surface area contributed by atoms with Gasteiger partial charge in [-0.05, 0) is 42.6 Å². The van der Waals surface area contributed by atoms with Crippen LogP contribution < -0.4 is 4.72 Å². The fourth-order valence-corrected chi connectivity index (χ4v) is 3.91. The van der Waals surface area contributed by atoms with Crippen LogP contribution in [-0.4, -0.2) is 32.3 Å². The van der Waals surface area contributed by atoms with Gasteiger partial charge in [0.15, 0.2) is 0 Å². The Morgan fingerprint density at radius 1 is 1.17 bits per heavy atom. The zero-order chi connectivity index (χ0) is 16.9. The molecule has 1 amide bonds. The Labute approximate surface area is 141 Å². The van der Waals surface area contributed by atoms with E-state index >= 15 is 0 Å². The molecule has 1 heterocycles. The Morgan fingerprint density at radius 2 is 1.87 bits per heavy atom. The second-order valence-corrected chi connectivity index (χ2v) is 7.72. The number of thiophene rings is 1. The largest absolute Gasteiger partial charge is 0.334 e. The predicted octanol–water partition coefficient (Wildman–Crippen LogP) is 2.71. The van der Waals surface area contributed by atoms with Gasteiger partial charge in [0.05, 0.1) is 11.4 Å². The number of hydrogen-bond acceptors (Lipinski definition) is 4. The van der Waals surface area contributed by atoms with Crippen LogP contribution in [-0.2, 0) is 16.6 Å². The van der Waals surface area contributed by atoms with E-state index in [-0.39, 0.29) is 10.8 Å². The number of hydrogen-bond donors (Lipinski definition) is 1. The van der Waals surface area contributed by atoms with Crippen molar-refractivity contribution in [2.24, 2.45) is 0 Å². The molecule has 2 aromatic rings. The zero-order valence-electron chi connectivity index (χ0n) is 13.2. The van der Waals surface area contributed by atoms with Crippen molar-refractivity contribution < 1.29 is 13.2 Å². The molecule has 1 aromatic carbocycles. The normalized spacial score (nSPS) is 11.4. The molecule has 0 aliphatic rings. The van der Waals surface area contributed by atoms with Gasteiger partial charge in [0.1, 0.15) is 0 Å². The molecule has 1 N–H and O–H groups in total. The Hall–Kier alpha value is -1.70. The van der Waals surface area contributed by atoms with E-state index in [1.54, 1.807) is 35.3 Å². The van der Waals surface area contributed by atoms with Crippen LogP contribution in [0.2, 0.25) is 0 Å². The van der Waals surface area contributed by atoms with Crippen molar-refractivity contribution in [2.45, 2.75) is 25.3 Å². The summed E-state index contributed by atoms with van der Waals surface area (Å²) >= 11 is 1.61. The van der Waals surface area contributed by atoms with E-state index in [1.165, 1.54) is 12.1 Å². The summed E-state index contributed by atoms with van der Waals surface area (Å²) < 4.78 is 26.2. The number of sulfonamides is 1. The minimum atomic E-state index is -3.49. The Balaban J connectivity index is 2.15. The highest BCUT2D eigenvalue weighted by atomic mass is 32.2. The lowest BCUT2D eigenvalue weighted by Gasteiger charge is -2.20. The number of nitrogens with zero attached hydrogens (tertiary/aromatic N) is 1. The van der Waals surface area contributed by atoms with Crippen molar-refractivity contribution in [1.29, 1.82) is 0 Å². The Morgan fingerprint density at radius 3 is 2.39 bits per heavy atom. The van der Waals surface area contributed by atoms with Crippen LogP contribution in [0.25, 0.3) is 0 Å². The van der Waals surface area contributed by atoms with E-state index < -0.39 is 10.0 Å². The summed E-state index contributed by atoms with van der Waals surface area (Å²) in [4.78, 5) is 15.6. The monoisotopic (exact) mass is 352 g/mol. The SMILES string of the molecule is CCNS(=O)(=O)c1ccc(C(=O)N(CC)Cc2cccs2)cc1. The van der Waals surface area contributed by atoms with Crippen molar-refractivity contribution in [1.82, 2.24) is 9.62 Å². The van der Waals surface area contributed by atoms with Gasteiger partial charge in [0.2, 0.25) is 10.0 Å². The number of carbonyl (C=O) groups excluding carboxylic acids is 1. The highest BCUT2D eigenvalue weighted by Crippen LogP contribution is 2.16.